The summed E-state index contributed by atoms with van der Waals surface area (Å²) in [6, 6.07) is 11.9. The molecule has 0 fully saturated rings. The van der Waals surface area contributed by atoms with E-state index in [1.54, 1.807) is 0 Å². The Labute approximate surface area is 132 Å². The third kappa shape index (κ3) is 2.78. The molecule has 1 nitrogen and oxygen atoms in total. The Morgan fingerprint density at radius 3 is 2.55 bits per heavy atom. The highest BCUT2D eigenvalue weighted by Crippen LogP contribution is 2.32. The fraction of sp³-hybridized carbons (Fsp3) is 0.294. The molecule has 0 amide bonds. The highest BCUT2D eigenvalue weighted by Gasteiger charge is 2.17. The highest BCUT2D eigenvalue weighted by atomic mass is 79.9. The predicted octanol–water partition coefficient (Wildman–Crippen LogP) is 5.06. The molecule has 0 bridgehead atoms. The van der Waals surface area contributed by atoms with Crippen molar-refractivity contribution in [3.8, 4) is 0 Å². The largest absolute Gasteiger partial charge is 0.384 e. The molecule has 2 aromatic carbocycles. The molecule has 1 unspecified atom stereocenters. The van der Waals surface area contributed by atoms with Gasteiger partial charge in [0.1, 0.15) is 6.10 Å². The second-order valence-electron chi connectivity index (χ2n) is 5.30. The fourth-order valence-corrected chi connectivity index (χ4v) is 3.43. The summed E-state index contributed by atoms with van der Waals surface area (Å²) in [5.41, 5.74) is 4.47. The molecule has 0 aliphatic heterocycles. The van der Waals surface area contributed by atoms with Gasteiger partial charge in [-0.25, -0.2) is 0 Å². The Hall–Kier alpha value is -0.830. The fourth-order valence-electron chi connectivity index (χ4n) is 2.83. The van der Waals surface area contributed by atoms with Crippen LogP contribution in [0.4, 0.5) is 0 Å². The number of halogens is 2. The van der Waals surface area contributed by atoms with Gasteiger partial charge in [0.05, 0.1) is 0 Å². The molecular weight excluding hydrogens is 336 g/mol. The van der Waals surface area contributed by atoms with E-state index in [1.165, 1.54) is 24.0 Å². The first-order valence-corrected chi connectivity index (χ1v) is 8.07. The van der Waals surface area contributed by atoms with Crippen LogP contribution in [0.2, 0.25) is 5.02 Å². The molecule has 20 heavy (non-hydrogen) atoms. The Balaban J connectivity index is 1.97. The van der Waals surface area contributed by atoms with Crippen LogP contribution in [-0.2, 0) is 12.8 Å². The third-order valence-electron chi connectivity index (χ3n) is 3.94. The lowest BCUT2D eigenvalue weighted by Gasteiger charge is -2.19. The zero-order valence-corrected chi connectivity index (χ0v) is 13.4. The van der Waals surface area contributed by atoms with Gasteiger partial charge in [-0.05, 0) is 60.6 Å². The van der Waals surface area contributed by atoms with Crippen LogP contribution in [-0.4, -0.2) is 5.11 Å². The van der Waals surface area contributed by atoms with Crippen LogP contribution in [0, 0.1) is 0 Å². The summed E-state index contributed by atoms with van der Waals surface area (Å²) in [5.74, 6) is 0. The summed E-state index contributed by atoms with van der Waals surface area (Å²) in [4.78, 5) is 0. The topological polar surface area (TPSA) is 20.2 Å². The van der Waals surface area contributed by atoms with E-state index in [4.69, 9.17) is 11.6 Å². The Morgan fingerprint density at radius 2 is 1.75 bits per heavy atom. The molecule has 1 aliphatic carbocycles. The molecule has 3 rings (SSSR count). The number of aliphatic hydroxyl groups excluding tert-OH is 1. The van der Waals surface area contributed by atoms with Crippen molar-refractivity contribution in [2.75, 3.05) is 0 Å². The SMILES string of the molecule is OC(c1ccc2c(c1)CCCC2)c1cc(Br)ccc1Cl. The van der Waals surface area contributed by atoms with E-state index < -0.39 is 6.10 Å². The van der Waals surface area contributed by atoms with E-state index in [-0.39, 0.29) is 0 Å². The molecular formula is C17H16BrClO. The minimum absolute atomic E-state index is 0.596. The van der Waals surface area contributed by atoms with Gasteiger partial charge in [0.25, 0.3) is 0 Å². The van der Waals surface area contributed by atoms with Crippen molar-refractivity contribution in [2.24, 2.45) is 0 Å². The number of fused-ring (bicyclic) bond motifs is 1. The van der Waals surface area contributed by atoms with Crippen molar-refractivity contribution in [1.29, 1.82) is 0 Å². The molecule has 0 saturated carbocycles. The standard InChI is InChI=1S/C17H16BrClO/c18-14-7-8-16(19)15(10-14)17(20)13-6-5-11-3-1-2-4-12(11)9-13/h5-10,17,20H,1-4H2. The summed E-state index contributed by atoms with van der Waals surface area (Å²) in [6.07, 6.45) is 4.11. The van der Waals surface area contributed by atoms with Crippen LogP contribution >= 0.6 is 27.5 Å². The first kappa shape index (κ1) is 14.1. The highest BCUT2D eigenvalue weighted by molar-refractivity contribution is 9.10. The number of aliphatic hydroxyl groups is 1. The first-order chi connectivity index (χ1) is 9.65. The number of benzene rings is 2. The summed E-state index contributed by atoms with van der Waals surface area (Å²) in [5, 5.41) is 11.2. The van der Waals surface area contributed by atoms with Crippen molar-refractivity contribution in [3.63, 3.8) is 0 Å². The van der Waals surface area contributed by atoms with E-state index in [1.807, 2.05) is 24.3 Å². The zero-order chi connectivity index (χ0) is 14.1. The smallest absolute Gasteiger partial charge is 0.106 e. The van der Waals surface area contributed by atoms with Gasteiger partial charge >= 0.3 is 0 Å². The Morgan fingerprint density at radius 1 is 1.00 bits per heavy atom. The normalized spacial score (nSPS) is 15.8. The summed E-state index contributed by atoms with van der Waals surface area (Å²) < 4.78 is 0.925. The lowest BCUT2D eigenvalue weighted by Crippen LogP contribution is -2.06. The van der Waals surface area contributed by atoms with Crippen LogP contribution in [0.1, 0.15) is 41.2 Å². The number of rotatable bonds is 2. The summed E-state index contributed by atoms with van der Waals surface area (Å²) in [7, 11) is 0. The average Bonchev–Trinajstić information content (AvgIpc) is 2.48. The predicted molar refractivity (Wildman–Crippen MR) is 86.3 cm³/mol. The maximum absolute atomic E-state index is 10.6. The van der Waals surface area contributed by atoms with E-state index in [0.29, 0.717) is 5.02 Å². The second kappa shape index (κ2) is 5.88. The maximum atomic E-state index is 10.6. The molecule has 0 aromatic heterocycles. The lowest BCUT2D eigenvalue weighted by molar-refractivity contribution is 0.220. The minimum Gasteiger partial charge on any atom is -0.384 e. The van der Waals surface area contributed by atoms with Gasteiger partial charge in [-0.1, -0.05) is 45.7 Å². The quantitative estimate of drug-likeness (QED) is 0.801. The monoisotopic (exact) mass is 350 g/mol. The number of hydrogen-bond acceptors (Lipinski definition) is 1. The van der Waals surface area contributed by atoms with Gasteiger partial charge in [0.15, 0.2) is 0 Å². The van der Waals surface area contributed by atoms with Crippen LogP contribution in [0.15, 0.2) is 40.9 Å². The molecule has 0 heterocycles. The van der Waals surface area contributed by atoms with Crippen LogP contribution < -0.4 is 0 Å². The number of hydrogen-bond donors (Lipinski definition) is 1. The van der Waals surface area contributed by atoms with Gasteiger partial charge in [0.2, 0.25) is 0 Å². The van der Waals surface area contributed by atoms with E-state index in [9.17, 15) is 5.11 Å². The van der Waals surface area contributed by atoms with Crippen molar-refractivity contribution in [3.05, 3.63) is 68.1 Å². The maximum Gasteiger partial charge on any atom is 0.106 e. The molecule has 2 aromatic rings. The zero-order valence-electron chi connectivity index (χ0n) is 11.1. The molecule has 1 aliphatic rings. The Kier molecular flexibility index (Phi) is 4.16. The lowest BCUT2D eigenvalue weighted by atomic mass is 9.88. The van der Waals surface area contributed by atoms with Crippen molar-refractivity contribution >= 4 is 27.5 Å². The molecule has 1 atom stereocenters. The van der Waals surface area contributed by atoms with Crippen LogP contribution in [0.3, 0.4) is 0 Å². The minimum atomic E-state index is -0.674. The summed E-state index contributed by atoms with van der Waals surface area (Å²) in [6.45, 7) is 0. The van der Waals surface area contributed by atoms with E-state index >= 15 is 0 Å². The Bertz CT molecular complexity index is 639. The average molecular weight is 352 g/mol. The van der Waals surface area contributed by atoms with Crippen LogP contribution in [0.25, 0.3) is 0 Å². The van der Waals surface area contributed by atoms with Crippen molar-refractivity contribution < 1.29 is 5.11 Å². The first-order valence-electron chi connectivity index (χ1n) is 6.90. The molecule has 104 valence electrons. The van der Waals surface area contributed by atoms with Crippen molar-refractivity contribution in [2.45, 2.75) is 31.8 Å². The second-order valence-corrected chi connectivity index (χ2v) is 6.63. The summed E-state index contributed by atoms with van der Waals surface area (Å²) >= 11 is 9.63. The number of aryl methyl sites for hydroxylation is 2. The van der Waals surface area contributed by atoms with Crippen LogP contribution in [0.5, 0.6) is 0 Å². The van der Waals surface area contributed by atoms with Gasteiger partial charge < -0.3 is 5.11 Å². The van der Waals surface area contributed by atoms with Gasteiger partial charge in [0, 0.05) is 15.1 Å². The molecule has 0 saturated heterocycles. The van der Waals surface area contributed by atoms with E-state index in [0.717, 1.165) is 28.4 Å². The third-order valence-corrected chi connectivity index (χ3v) is 4.78. The molecule has 3 heteroatoms. The van der Waals surface area contributed by atoms with Gasteiger partial charge in [-0.3, -0.25) is 0 Å². The van der Waals surface area contributed by atoms with Gasteiger partial charge in [-0.2, -0.15) is 0 Å². The van der Waals surface area contributed by atoms with E-state index in [2.05, 4.69) is 28.1 Å². The molecule has 1 N–H and O–H groups in total. The molecule has 0 radical (unpaired) electrons. The molecule has 0 spiro atoms. The van der Waals surface area contributed by atoms with Gasteiger partial charge in [-0.15, -0.1) is 0 Å². The van der Waals surface area contributed by atoms with Crippen molar-refractivity contribution in [1.82, 2.24) is 0 Å².